The van der Waals surface area contributed by atoms with Crippen LogP contribution in [0, 0.1) is 18.3 Å². The molecule has 0 saturated heterocycles. The zero-order chi connectivity index (χ0) is 15.5. The maximum atomic E-state index is 12.2. The van der Waals surface area contributed by atoms with Crippen LogP contribution in [0.25, 0.3) is 0 Å². The van der Waals surface area contributed by atoms with E-state index in [2.05, 4.69) is 4.72 Å². The van der Waals surface area contributed by atoms with Crippen LogP contribution >= 0.6 is 11.6 Å². The molecule has 2 aromatic carbocycles. The van der Waals surface area contributed by atoms with Gasteiger partial charge in [-0.25, -0.2) is 8.42 Å². The largest absolute Gasteiger partial charge is 0.283 e. The standard InChI is InChI=1S/C15H13ClN2O2S/c1-11-8-14(16)6-7-15(11)18-21(19,20)10-13-4-2-12(9-17)3-5-13/h2-8,18H,10H2,1H3. The van der Waals surface area contributed by atoms with E-state index in [1.807, 2.05) is 6.07 Å². The molecule has 108 valence electrons. The van der Waals surface area contributed by atoms with Crippen LogP contribution in [0.2, 0.25) is 5.02 Å². The van der Waals surface area contributed by atoms with Crippen molar-refractivity contribution in [3.63, 3.8) is 0 Å². The molecule has 0 bridgehead atoms. The topological polar surface area (TPSA) is 70.0 Å². The van der Waals surface area contributed by atoms with Crippen LogP contribution in [-0.4, -0.2) is 8.42 Å². The highest BCUT2D eigenvalue weighted by atomic mass is 35.5. The van der Waals surface area contributed by atoms with E-state index in [0.29, 0.717) is 21.8 Å². The number of anilines is 1. The molecule has 1 N–H and O–H groups in total. The minimum Gasteiger partial charge on any atom is -0.283 e. The fraction of sp³-hybridized carbons (Fsp3) is 0.133. The van der Waals surface area contributed by atoms with Gasteiger partial charge in [-0.05, 0) is 48.4 Å². The Bertz CT molecular complexity index is 793. The van der Waals surface area contributed by atoms with E-state index in [-0.39, 0.29) is 5.75 Å². The molecule has 0 spiro atoms. The van der Waals surface area contributed by atoms with Crippen molar-refractivity contribution in [2.75, 3.05) is 4.72 Å². The quantitative estimate of drug-likeness (QED) is 0.937. The van der Waals surface area contributed by atoms with Crippen LogP contribution in [0.3, 0.4) is 0 Å². The number of nitrogens with one attached hydrogen (secondary N) is 1. The van der Waals surface area contributed by atoms with Gasteiger partial charge in [-0.1, -0.05) is 23.7 Å². The average molecular weight is 321 g/mol. The van der Waals surface area contributed by atoms with E-state index >= 15 is 0 Å². The van der Waals surface area contributed by atoms with Crippen molar-refractivity contribution in [3.8, 4) is 6.07 Å². The molecule has 0 unspecified atom stereocenters. The van der Waals surface area contributed by atoms with Crippen molar-refractivity contribution in [2.45, 2.75) is 12.7 Å². The summed E-state index contributed by atoms with van der Waals surface area (Å²) in [7, 11) is -3.52. The first-order valence-corrected chi connectivity index (χ1v) is 8.18. The molecule has 0 aliphatic carbocycles. The molecular formula is C15H13ClN2O2S. The summed E-state index contributed by atoms with van der Waals surface area (Å²) in [6.45, 7) is 1.78. The number of nitrogens with zero attached hydrogens (tertiary/aromatic N) is 1. The lowest BCUT2D eigenvalue weighted by atomic mass is 10.2. The molecule has 0 aliphatic heterocycles. The Morgan fingerprint density at radius 2 is 1.86 bits per heavy atom. The summed E-state index contributed by atoms with van der Waals surface area (Å²) in [4.78, 5) is 0. The number of benzene rings is 2. The lowest BCUT2D eigenvalue weighted by Crippen LogP contribution is -2.15. The number of halogens is 1. The van der Waals surface area contributed by atoms with Crippen molar-refractivity contribution < 1.29 is 8.42 Å². The van der Waals surface area contributed by atoms with Gasteiger partial charge in [-0.15, -0.1) is 0 Å². The third kappa shape index (κ3) is 4.22. The highest BCUT2D eigenvalue weighted by Crippen LogP contribution is 2.21. The van der Waals surface area contributed by atoms with Gasteiger partial charge in [0, 0.05) is 5.02 Å². The molecule has 4 nitrogen and oxygen atoms in total. The first-order chi connectivity index (χ1) is 9.89. The van der Waals surface area contributed by atoms with E-state index < -0.39 is 10.0 Å². The Labute approximate surface area is 129 Å². The van der Waals surface area contributed by atoms with E-state index in [4.69, 9.17) is 16.9 Å². The van der Waals surface area contributed by atoms with Gasteiger partial charge in [-0.3, -0.25) is 4.72 Å². The first-order valence-electron chi connectivity index (χ1n) is 6.15. The summed E-state index contributed by atoms with van der Waals surface area (Å²) < 4.78 is 26.8. The van der Waals surface area contributed by atoms with E-state index in [0.717, 1.165) is 5.56 Å². The van der Waals surface area contributed by atoms with Crippen LogP contribution in [0.1, 0.15) is 16.7 Å². The summed E-state index contributed by atoms with van der Waals surface area (Å²) in [6, 6.07) is 13.4. The fourth-order valence-corrected chi connectivity index (χ4v) is 3.33. The van der Waals surface area contributed by atoms with Crippen LogP contribution in [0.5, 0.6) is 0 Å². The molecule has 0 fully saturated rings. The molecule has 0 aliphatic rings. The third-order valence-corrected chi connectivity index (χ3v) is 4.37. The number of sulfonamides is 1. The second-order valence-corrected chi connectivity index (χ2v) is 6.79. The Morgan fingerprint density at radius 1 is 1.19 bits per heavy atom. The van der Waals surface area contributed by atoms with Crippen LogP contribution < -0.4 is 4.72 Å². The molecule has 0 aromatic heterocycles. The number of hydrogen-bond donors (Lipinski definition) is 1. The Kier molecular flexibility index (Phi) is 4.51. The Balaban J connectivity index is 2.16. The third-order valence-electron chi connectivity index (χ3n) is 2.89. The highest BCUT2D eigenvalue weighted by Gasteiger charge is 2.13. The normalized spacial score (nSPS) is 10.9. The maximum absolute atomic E-state index is 12.2. The smallest absolute Gasteiger partial charge is 0.236 e. The van der Waals surface area contributed by atoms with Gasteiger partial charge in [0.1, 0.15) is 0 Å². The molecule has 2 rings (SSSR count). The Morgan fingerprint density at radius 3 is 2.43 bits per heavy atom. The van der Waals surface area contributed by atoms with E-state index in [1.165, 1.54) is 0 Å². The summed E-state index contributed by atoms with van der Waals surface area (Å²) in [6.07, 6.45) is 0. The Hall–Kier alpha value is -2.03. The lowest BCUT2D eigenvalue weighted by molar-refractivity contribution is 0.600. The molecule has 6 heteroatoms. The minimum absolute atomic E-state index is 0.152. The lowest BCUT2D eigenvalue weighted by Gasteiger charge is -2.11. The zero-order valence-electron chi connectivity index (χ0n) is 11.3. The fourth-order valence-electron chi connectivity index (χ4n) is 1.84. The monoisotopic (exact) mass is 320 g/mol. The summed E-state index contributed by atoms with van der Waals surface area (Å²) >= 11 is 5.84. The van der Waals surface area contributed by atoms with E-state index in [9.17, 15) is 8.42 Å². The highest BCUT2D eigenvalue weighted by molar-refractivity contribution is 7.91. The predicted octanol–water partition coefficient (Wildman–Crippen LogP) is 3.46. The maximum Gasteiger partial charge on any atom is 0.236 e. The van der Waals surface area contributed by atoms with Gasteiger partial charge in [0.15, 0.2) is 0 Å². The van der Waals surface area contributed by atoms with Crippen LogP contribution in [0.15, 0.2) is 42.5 Å². The van der Waals surface area contributed by atoms with Gasteiger partial charge >= 0.3 is 0 Å². The van der Waals surface area contributed by atoms with Gasteiger partial charge in [0.25, 0.3) is 0 Å². The predicted molar refractivity (Wildman–Crippen MR) is 83.6 cm³/mol. The first kappa shape index (κ1) is 15.4. The molecule has 0 radical (unpaired) electrons. The van der Waals surface area contributed by atoms with Crippen LogP contribution in [-0.2, 0) is 15.8 Å². The molecule has 0 amide bonds. The average Bonchev–Trinajstić information content (AvgIpc) is 2.42. The molecule has 0 atom stereocenters. The van der Waals surface area contributed by atoms with Crippen molar-refractivity contribution in [1.82, 2.24) is 0 Å². The zero-order valence-corrected chi connectivity index (χ0v) is 12.9. The van der Waals surface area contributed by atoms with E-state index in [1.54, 1.807) is 49.4 Å². The van der Waals surface area contributed by atoms with Crippen molar-refractivity contribution >= 4 is 27.3 Å². The number of aryl methyl sites for hydroxylation is 1. The number of hydrogen-bond acceptors (Lipinski definition) is 3. The summed E-state index contributed by atoms with van der Waals surface area (Å²) in [5.41, 5.74) is 2.38. The van der Waals surface area contributed by atoms with Crippen LogP contribution in [0.4, 0.5) is 5.69 Å². The molecule has 2 aromatic rings. The van der Waals surface area contributed by atoms with Gasteiger partial charge in [0.2, 0.25) is 10.0 Å². The van der Waals surface area contributed by atoms with Crippen molar-refractivity contribution in [1.29, 1.82) is 5.26 Å². The van der Waals surface area contributed by atoms with Crippen molar-refractivity contribution in [2.24, 2.45) is 0 Å². The summed E-state index contributed by atoms with van der Waals surface area (Å²) in [5, 5.41) is 9.28. The SMILES string of the molecule is Cc1cc(Cl)ccc1NS(=O)(=O)Cc1ccc(C#N)cc1. The molecular weight excluding hydrogens is 308 g/mol. The molecule has 0 heterocycles. The molecule has 0 saturated carbocycles. The molecule has 21 heavy (non-hydrogen) atoms. The van der Waals surface area contributed by atoms with Gasteiger partial charge in [0.05, 0.1) is 23.1 Å². The second kappa shape index (κ2) is 6.17. The second-order valence-electron chi connectivity index (χ2n) is 4.63. The van der Waals surface area contributed by atoms with Crippen molar-refractivity contribution in [3.05, 3.63) is 64.2 Å². The van der Waals surface area contributed by atoms with Gasteiger partial charge < -0.3 is 0 Å². The van der Waals surface area contributed by atoms with Gasteiger partial charge in [-0.2, -0.15) is 5.26 Å². The number of nitriles is 1. The summed E-state index contributed by atoms with van der Waals surface area (Å²) in [5.74, 6) is -0.152. The minimum atomic E-state index is -3.52. The number of rotatable bonds is 4.